The first kappa shape index (κ1) is 14.3. The summed E-state index contributed by atoms with van der Waals surface area (Å²) in [5.41, 5.74) is 6.96. The molecule has 0 saturated heterocycles. The van der Waals surface area contributed by atoms with Gasteiger partial charge in [-0.2, -0.15) is 0 Å². The number of anilines is 1. The van der Waals surface area contributed by atoms with Crippen molar-refractivity contribution in [1.82, 2.24) is 5.32 Å². The van der Waals surface area contributed by atoms with Crippen molar-refractivity contribution >= 4 is 23.2 Å². The Morgan fingerprint density at radius 3 is 2.75 bits per heavy atom. The minimum atomic E-state index is -0.318. The van der Waals surface area contributed by atoms with Crippen molar-refractivity contribution in [3.8, 4) is 0 Å². The fraction of sp³-hybridized carbons (Fsp3) is 0.133. The number of nitrogen functional groups attached to an aromatic ring is 1. The fourth-order valence-electron chi connectivity index (χ4n) is 1.83. The van der Waals surface area contributed by atoms with Crippen LogP contribution in [0.4, 0.5) is 10.1 Å². The Hall–Kier alpha value is -2.07. The van der Waals surface area contributed by atoms with Crippen molar-refractivity contribution in [2.45, 2.75) is 6.42 Å². The zero-order valence-corrected chi connectivity index (χ0v) is 11.5. The van der Waals surface area contributed by atoms with E-state index in [1.165, 1.54) is 12.1 Å². The molecule has 20 heavy (non-hydrogen) atoms. The molecule has 1 amide bonds. The van der Waals surface area contributed by atoms with Crippen LogP contribution in [0.1, 0.15) is 15.9 Å². The summed E-state index contributed by atoms with van der Waals surface area (Å²) in [5.74, 6) is -0.592. The van der Waals surface area contributed by atoms with E-state index in [4.69, 9.17) is 17.3 Å². The molecule has 104 valence electrons. The van der Waals surface area contributed by atoms with Crippen molar-refractivity contribution in [2.24, 2.45) is 0 Å². The van der Waals surface area contributed by atoms with Gasteiger partial charge in [0.1, 0.15) is 5.82 Å². The molecule has 0 radical (unpaired) electrons. The van der Waals surface area contributed by atoms with Gasteiger partial charge >= 0.3 is 0 Å². The Morgan fingerprint density at radius 1 is 1.25 bits per heavy atom. The standard InChI is InChI=1S/C15H14ClFN2O/c16-11-5-6-14(18)12(9-11)15(20)19-8-7-10-3-1-2-4-13(10)17/h1-6,9H,7-8,18H2,(H,19,20). The van der Waals surface area contributed by atoms with Crippen LogP contribution in [0.25, 0.3) is 0 Å². The number of rotatable bonds is 4. The lowest BCUT2D eigenvalue weighted by Gasteiger charge is -2.08. The predicted molar refractivity (Wildman–Crippen MR) is 78.3 cm³/mol. The van der Waals surface area contributed by atoms with Crippen LogP contribution in [0.5, 0.6) is 0 Å². The molecule has 3 nitrogen and oxygen atoms in total. The second-order valence-corrected chi connectivity index (χ2v) is 4.77. The number of nitrogens with two attached hydrogens (primary N) is 1. The van der Waals surface area contributed by atoms with Crippen molar-refractivity contribution in [2.75, 3.05) is 12.3 Å². The highest BCUT2D eigenvalue weighted by Crippen LogP contribution is 2.17. The monoisotopic (exact) mass is 292 g/mol. The molecule has 0 aromatic heterocycles. The maximum absolute atomic E-state index is 13.4. The van der Waals surface area contributed by atoms with Crippen LogP contribution < -0.4 is 11.1 Å². The van der Waals surface area contributed by atoms with Gasteiger partial charge < -0.3 is 11.1 Å². The molecule has 0 unspecified atom stereocenters. The van der Waals surface area contributed by atoms with Gasteiger partial charge in [0.2, 0.25) is 0 Å². The summed E-state index contributed by atoms with van der Waals surface area (Å²) in [4.78, 5) is 11.9. The molecule has 0 aliphatic carbocycles. The number of carbonyl (C=O) groups is 1. The van der Waals surface area contributed by atoms with Crippen molar-refractivity contribution in [3.63, 3.8) is 0 Å². The normalized spacial score (nSPS) is 10.3. The number of benzene rings is 2. The molecule has 2 rings (SSSR count). The highest BCUT2D eigenvalue weighted by molar-refractivity contribution is 6.31. The smallest absolute Gasteiger partial charge is 0.253 e. The Kier molecular flexibility index (Phi) is 4.58. The number of halogens is 2. The SMILES string of the molecule is Nc1ccc(Cl)cc1C(=O)NCCc1ccccc1F. The first-order chi connectivity index (χ1) is 9.58. The average molecular weight is 293 g/mol. The summed E-state index contributed by atoms with van der Waals surface area (Å²) in [5, 5.41) is 3.14. The second kappa shape index (κ2) is 6.39. The van der Waals surface area contributed by atoms with Crippen molar-refractivity contribution in [1.29, 1.82) is 0 Å². The van der Waals surface area contributed by atoms with E-state index in [9.17, 15) is 9.18 Å². The molecule has 0 fully saturated rings. The maximum atomic E-state index is 13.4. The Bertz CT molecular complexity index is 631. The molecule has 0 aliphatic heterocycles. The van der Waals surface area contributed by atoms with E-state index in [2.05, 4.69) is 5.32 Å². The van der Waals surface area contributed by atoms with Crippen LogP contribution in [0.2, 0.25) is 5.02 Å². The highest BCUT2D eigenvalue weighted by Gasteiger charge is 2.10. The van der Waals surface area contributed by atoms with Gasteiger partial charge in [-0.05, 0) is 36.2 Å². The molecular weight excluding hydrogens is 279 g/mol. The molecule has 0 spiro atoms. The van der Waals surface area contributed by atoms with Gasteiger partial charge in [0.25, 0.3) is 5.91 Å². The van der Waals surface area contributed by atoms with E-state index >= 15 is 0 Å². The zero-order valence-electron chi connectivity index (χ0n) is 10.7. The van der Waals surface area contributed by atoms with E-state index in [0.29, 0.717) is 34.8 Å². The molecule has 2 aromatic carbocycles. The predicted octanol–water partition coefficient (Wildman–Crippen LogP) is 3.03. The molecule has 0 atom stereocenters. The summed E-state index contributed by atoms with van der Waals surface area (Å²) in [6.07, 6.45) is 0.416. The van der Waals surface area contributed by atoms with Crippen LogP contribution in [-0.2, 0) is 6.42 Å². The largest absolute Gasteiger partial charge is 0.398 e. The summed E-state index contributed by atoms with van der Waals surface area (Å²) >= 11 is 5.83. The van der Waals surface area contributed by atoms with Crippen LogP contribution in [0, 0.1) is 5.82 Å². The van der Waals surface area contributed by atoms with Gasteiger partial charge in [-0.15, -0.1) is 0 Å². The highest BCUT2D eigenvalue weighted by atomic mass is 35.5. The fourth-order valence-corrected chi connectivity index (χ4v) is 2.00. The molecule has 3 N–H and O–H groups in total. The van der Waals surface area contributed by atoms with Crippen LogP contribution >= 0.6 is 11.6 Å². The van der Waals surface area contributed by atoms with E-state index < -0.39 is 0 Å². The summed E-state index contributed by atoms with van der Waals surface area (Å²) in [7, 11) is 0. The molecule has 5 heteroatoms. The molecule has 0 heterocycles. The first-order valence-electron chi connectivity index (χ1n) is 6.14. The second-order valence-electron chi connectivity index (χ2n) is 4.33. The minimum Gasteiger partial charge on any atom is -0.398 e. The quantitative estimate of drug-likeness (QED) is 0.851. The van der Waals surface area contributed by atoms with Crippen LogP contribution in [0.15, 0.2) is 42.5 Å². The summed E-state index contributed by atoms with van der Waals surface area (Å²) in [6.45, 7) is 0.325. The number of amides is 1. The summed E-state index contributed by atoms with van der Waals surface area (Å²) < 4.78 is 13.4. The molecule has 0 bridgehead atoms. The lowest BCUT2D eigenvalue weighted by Crippen LogP contribution is -2.26. The van der Waals surface area contributed by atoms with Crippen molar-refractivity contribution < 1.29 is 9.18 Å². The number of carbonyl (C=O) groups excluding carboxylic acids is 1. The first-order valence-corrected chi connectivity index (χ1v) is 6.52. The molecule has 2 aromatic rings. The van der Waals surface area contributed by atoms with Gasteiger partial charge in [0.15, 0.2) is 0 Å². The van der Waals surface area contributed by atoms with Crippen LogP contribution in [0.3, 0.4) is 0 Å². The van der Waals surface area contributed by atoms with Crippen LogP contribution in [-0.4, -0.2) is 12.5 Å². The Balaban J connectivity index is 1.96. The average Bonchev–Trinajstić information content (AvgIpc) is 2.43. The van der Waals surface area contributed by atoms with E-state index in [-0.39, 0.29) is 11.7 Å². The van der Waals surface area contributed by atoms with Gasteiger partial charge in [0, 0.05) is 17.3 Å². The minimum absolute atomic E-state index is 0.274. The third-order valence-electron chi connectivity index (χ3n) is 2.90. The van der Waals surface area contributed by atoms with Gasteiger partial charge in [-0.25, -0.2) is 4.39 Å². The van der Waals surface area contributed by atoms with E-state index in [0.717, 1.165) is 0 Å². The lowest BCUT2D eigenvalue weighted by molar-refractivity contribution is 0.0955. The zero-order chi connectivity index (χ0) is 14.5. The van der Waals surface area contributed by atoms with E-state index in [1.807, 2.05) is 0 Å². The number of hydrogen-bond donors (Lipinski definition) is 2. The summed E-state index contributed by atoms with van der Waals surface area (Å²) in [6, 6.07) is 11.2. The molecular formula is C15H14ClFN2O. The Morgan fingerprint density at radius 2 is 2.00 bits per heavy atom. The maximum Gasteiger partial charge on any atom is 0.253 e. The van der Waals surface area contributed by atoms with Gasteiger partial charge in [-0.1, -0.05) is 29.8 Å². The van der Waals surface area contributed by atoms with Crippen molar-refractivity contribution in [3.05, 3.63) is 64.4 Å². The van der Waals surface area contributed by atoms with E-state index in [1.54, 1.807) is 30.3 Å². The topological polar surface area (TPSA) is 55.1 Å². The van der Waals surface area contributed by atoms with Gasteiger partial charge in [0.05, 0.1) is 5.56 Å². The number of nitrogens with one attached hydrogen (secondary N) is 1. The molecule has 0 saturated carbocycles. The lowest BCUT2D eigenvalue weighted by atomic mass is 10.1. The van der Waals surface area contributed by atoms with Gasteiger partial charge in [-0.3, -0.25) is 4.79 Å². The Labute approximate surface area is 121 Å². The third-order valence-corrected chi connectivity index (χ3v) is 3.13. The molecule has 0 aliphatic rings. The number of hydrogen-bond acceptors (Lipinski definition) is 2. The third kappa shape index (κ3) is 3.48.